The molecule has 154 valence electrons. The number of pyridine rings is 2. The Morgan fingerprint density at radius 2 is 1.80 bits per heavy atom. The maximum Gasteiger partial charge on any atom is 0.255 e. The molecule has 0 saturated carbocycles. The summed E-state index contributed by atoms with van der Waals surface area (Å²) < 4.78 is 5.77. The van der Waals surface area contributed by atoms with Crippen molar-refractivity contribution in [2.24, 2.45) is 0 Å². The first-order valence-electron chi connectivity index (χ1n) is 9.93. The summed E-state index contributed by atoms with van der Waals surface area (Å²) in [7, 11) is 0. The quantitative estimate of drug-likeness (QED) is 0.656. The fraction of sp³-hybridized carbons (Fsp3) is 0.261. The number of nitrogens with zero attached hydrogens (tertiary/aromatic N) is 3. The number of rotatable bonds is 5. The molecule has 0 radical (unpaired) electrons. The molecule has 1 saturated heterocycles. The van der Waals surface area contributed by atoms with Crippen LogP contribution in [-0.4, -0.2) is 41.2 Å². The molecule has 1 N–H and O–H groups in total. The van der Waals surface area contributed by atoms with E-state index in [0.29, 0.717) is 11.3 Å². The zero-order valence-corrected chi connectivity index (χ0v) is 17.8. The van der Waals surface area contributed by atoms with Crippen molar-refractivity contribution in [3.05, 3.63) is 72.6 Å². The van der Waals surface area contributed by atoms with E-state index in [1.807, 2.05) is 54.6 Å². The van der Waals surface area contributed by atoms with Gasteiger partial charge in [0.1, 0.15) is 10.8 Å². The third-order valence-electron chi connectivity index (χ3n) is 4.73. The number of nitrogens with one attached hydrogen (secondary N) is 1. The van der Waals surface area contributed by atoms with Crippen LogP contribution in [0.3, 0.4) is 0 Å². The first kappa shape index (κ1) is 20.4. The molecule has 1 aromatic carbocycles. The number of hydrogen-bond donors (Lipinski definition) is 1. The second-order valence-electron chi connectivity index (χ2n) is 7.32. The largest absolute Gasteiger partial charge is 0.372 e. The molecule has 1 fully saturated rings. The Labute approximate surface area is 180 Å². The Hall–Kier alpha value is -2.90. The summed E-state index contributed by atoms with van der Waals surface area (Å²) >= 11 is 1.56. The minimum atomic E-state index is -0.160. The number of ether oxygens (including phenoxy) is 1. The fourth-order valence-corrected chi connectivity index (χ4v) is 4.19. The van der Waals surface area contributed by atoms with Crippen LogP contribution in [-0.2, 0) is 4.74 Å². The van der Waals surface area contributed by atoms with Gasteiger partial charge in [-0.1, -0.05) is 17.8 Å². The topological polar surface area (TPSA) is 67.4 Å². The van der Waals surface area contributed by atoms with E-state index in [9.17, 15) is 4.79 Å². The maximum absolute atomic E-state index is 12.6. The van der Waals surface area contributed by atoms with Crippen LogP contribution in [0.1, 0.15) is 24.2 Å². The van der Waals surface area contributed by atoms with Crippen molar-refractivity contribution in [2.75, 3.05) is 23.3 Å². The van der Waals surface area contributed by atoms with E-state index >= 15 is 0 Å². The van der Waals surface area contributed by atoms with Crippen molar-refractivity contribution >= 4 is 29.2 Å². The van der Waals surface area contributed by atoms with E-state index in [1.54, 1.807) is 24.2 Å². The lowest BCUT2D eigenvalue weighted by atomic mass is 10.2. The molecule has 6 nitrogen and oxygen atoms in total. The van der Waals surface area contributed by atoms with Gasteiger partial charge in [-0.05, 0) is 62.4 Å². The number of morpholine rings is 1. The lowest BCUT2D eigenvalue weighted by molar-refractivity contribution is -0.00545. The molecule has 2 aromatic heterocycles. The Bertz CT molecular complexity index is 970. The first-order chi connectivity index (χ1) is 14.6. The second kappa shape index (κ2) is 9.28. The van der Waals surface area contributed by atoms with Crippen LogP contribution in [0.15, 0.2) is 76.9 Å². The summed E-state index contributed by atoms with van der Waals surface area (Å²) in [5, 5.41) is 3.83. The molecule has 1 aliphatic rings. The van der Waals surface area contributed by atoms with Gasteiger partial charge in [0.05, 0.1) is 24.1 Å². The van der Waals surface area contributed by atoms with Gasteiger partial charge in [-0.25, -0.2) is 9.97 Å². The van der Waals surface area contributed by atoms with E-state index < -0.39 is 0 Å². The highest BCUT2D eigenvalue weighted by atomic mass is 32.2. The molecule has 1 amide bonds. The normalized spacial score (nSPS) is 18.8. The number of carbonyl (C=O) groups excluding carboxylic acids is 1. The monoisotopic (exact) mass is 420 g/mol. The van der Waals surface area contributed by atoms with Gasteiger partial charge in [-0.3, -0.25) is 4.79 Å². The van der Waals surface area contributed by atoms with Gasteiger partial charge >= 0.3 is 0 Å². The third-order valence-corrected chi connectivity index (χ3v) is 5.68. The van der Waals surface area contributed by atoms with Crippen molar-refractivity contribution in [1.82, 2.24) is 9.97 Å². The summed E-state index contributed by atoms with van der Waals surface area (Å²) in [6.07, 6.45) is 3.81. The highest BCUT2D eigenvalue weighted by molar-refractivity contribution is 7.99. The summed E-state index contributed by atoms with van der Waals surface area (Å²) in [5.74, 6) is 0.735. The van der Waals surface area contributed by atoms with Gasteiger partial charge in [0.2, 0.25) is 0 Å². The molecule has 0 spiro atoms. The van der Waals surface area contributed by atoms with Crippen molar-refractivity contribution in [3.8, 4) is 0 Å². The summed E-state index contributed by atoms with van der Waals surface area (Å²) in [6.45, 7) is 5.76. The zero-order chi connectivity index (χ0) is 20.9. The molecule has 0 aliphatic carbocycles. The Kier molecular flexibility index (Phi) is 6.30. The molecule has 1 aliphatic heterocycles. The van der Waals surface area contributed by atoms with Gasteiger partial charge in [0, 0.05) is 29.7 Å². The Morgan fingerprint density at radius 3 is 2.43 bits per heavy atom. The highest BCUT2D eigenvalue weighted by Crippen LogP contribution is 2.26. The number of aromatic nitrogens is 2. The van der Waals surface area contributed by atoms with Crippen molar-refractivity contribution in [3.63, 3.8) is 0 Å². The average molecular weight is 421 g/mol. The molecule has 0 bridgehead atoms. The maximum atomic E-state index is 12.6. The van der Waals surface area contributed by atoms with Crippen LogP contribution in [0.25, 0.3) is 0 Å². The van der Waals surface area contributed by atoms with Crippen LogP contribution < -0.4 is 10.2 Å². The SMILES string of the molecule is CC1CN(c2ccc(NC(=O)c3ccc(Sc4ccccn4)cc3)cn2)CC(C)O1. The summed E-state index contributed by atoms with van der Waals surface area (Å²) in [6, 6.07) is 17.1. The number of hydrogen-bond acceptors (Lipinski definition) is 6. The fourth-order valence-electron chi connectivity index (χ4n) is 3.42. The minimum absolute atomic E-state index is 0.160. The van der Waals surface area contributed by atoms with Crippen LogP contribution in [0, 0.1) is 0 Å². The van der Waals surface area contributed by atoms with E-state index in [0.717, 1.165) is 28.8 Å². The van der Waals surface area contributed by atoms with E-state index in [2.05, 4.69) is 34.0 Å². The number of anilines is 2. The number of benzene rings is 1. The van der Waals surface area contributed by atoms with Crippen LogP contribution in [0.4, 0.5) is 11.5 Å². The van der Waals surface area contributed by atoms with Gasteiger partial charge in [-0.2, -0.15) is 0 Å². The average Bonchev–Trinajstić information content (AvgIpc) is 2.75. The second-order valence-corrected chi connectivity index (χ2v) is 8.41. The van der Waals surface area contributed by atoms with E-state index in [-0.39, 0.29) is 18.1 Å². The van der Waals surface area contributed by atoms with Gasteiger partial charge < -0.3 is 15.0 Å². The molecule has 2 atom stereocenters. The molecule has 30 heavy (non-hydrogen) atoms. The smallest absolute Gasteiger partial charge is 0.255 e. The summed E-state index contributed by atoms with van der Waals surface area (Å²) in [5.41, 5.74) is 1.27. The molecule has 4 rings (SSSR count). The van der Waals surface area contributed by atoms with Gasteiger partial charge in [0.15, 0.2) is 0 Å². The molecule has 3 aromatic rings. The van der Waals surface area contributed by atoms with Crippen molar-refractivity contribution in [2.45, 2.75) is 36.0 Å². The van der Waals surface area contributed by atoms with Crippen molar-refractivity contribution < 1.29 is 9.53 Å². The Morgan fingerprint density at radius 1 is 1.03 bits per heavy atom. The van der Waals surface area contributed by atoms with Crippen LogP contribution >= 0.6 is 11.8 Å². The zero-order valence-electron chi connectivity index (χ0n) is 17.0. The minimum Gasteiger partial charge on any atom is -0.372 e. The number of amides is 1. The lowest BCUT2D eigenvalue weighted by Crippen LogP contribution is -2.45. The highest BCUT2D eigenvalue weighted by Gasteiger charge is 2.23. The molecular weight excluding hydrogens is 396 g/mol. The van der Waals surface area contributed by atoms with Crippen molar-refractivity contribution in [1.29, 1.82) is 0 Å². The van der Waals surface area contributed by atoms with Gasteiger partial charge in [0.25, 0.3) is 5.91 Å². The van der Waals surface area contributed by atoms with Gasteiger partial charge in [-0.15, -0.1) is 0 Å². The third kappa shape index (κ3) is 5.17. The summed E-state index contributed by atoms with van der Waals surface area (Å²) in [4.78, 5) is 24.6. The van der Waals surface area contributed by atoms with E-state index in [1.165, 1.54) is 0 Å². The van der Waals surface area contributed by atoms with E-state index in [4.69, 9.17) is 4.74 Å². The lowest BCUT2D eigenvalue weighted by Gasteiger charge is -2.36. The van der Waals surface area contributed by atoms with Crippen LogP contribution in [0.5, 0.6) is 0 Å². The van der Waals surface area contributed by atoms with Crippen LogP contribution in [0.2, 0.25) is 0 Å². The standard InChI is InChI=1S/C23H24N4O2S/c1-16-14-27(15-17(2)29-16)21-11-8-19(13-25-21)26-23(28)18-6-9-20(10-7-18)30-22-5-3-4-12-24-22/h3-13,16-17H,14-15H2,1-2H3,(H,26,28). The predicted octanol–water partition coefficient (Wildman–Crippen LogP) is 4.49. The molecular formula is C23H24N4O2S. The predicted molar refractivity (Wildman–Crippen MR) is 119 cm³/mol. The Balaban J connectivity index is 1.36. The molecule has 7 heteroatoms. The molecule has 2 unspecified atom stereocenters. The first-order valence-corrected chi connectivity index (χ1v) is 10.8. The number of carbonyl (C=O) groups is 1. The molecule has 3 heterocycles.